The first kappa shape index (κ1) is 18.3. The Morgan fingerprint density at radius 2 is 2.04 bits per heavy atom. The Kier molecular flexibility index (Phi) is 6.61. The summed E-state index contributed by atoms with van der Waals surface area (Å²) in [7, 11) is 0. The van der Waals surface area contributed by atoms with E-state index in [9.17, 15) is 9.59 Å². The summed E-state index contributed by atoms with van der Waals surface area (Å²) < 4.78 is 5.43. The van der Waals surface area contributed by atoms with Crippen LogP contribution in [0.2, 0.25) is 0 Å². The molecule has 6 heteroatoms. The smallest absolute Gasteiger partial charge is 0.410 e. The van der Waals surface area contributed by atoms with Crippen molar-refractivity contribution in [2.24, 2.45) is 0 Å². The van der Waals surface area contributed by atoms with E-state index in [1.165, 1.54) is 0 Å². The van der Waals surface area contributed by atoms with Crippen molar-refractivity contribution >= 4 is 12.1 Å². The van der Waals surface area contributed by atoms with E-state index < -0.39 is 5.97 Å². The van der Waals surface area contributed by atoms with E-state index in [0.717, 1.165) is 24.9 Å². The fraction of sp³-hybridized carbons (Fsp3) is 0.556. The molecule has 2 rings (SSSR count). The van der Waals surface area contributed by atoms with Gasteiger partial charge in [-0.25, -0.2) is 4.79 Å². The minimum Gasteiger partial charge on any atom is -0.480 e. The number of rotatable bonds is 7. The lowest BCUT2D eigenvalue weighted by Gasteiger charge is -2.32. The van der Waals surface area contributed by atoms with Crippen molar-refractivity contribution in [1.29, 1.82) is 0 Å². The van der Waals surface area contributed by atoms with Gasteiger partial charge in [0.15, 0.2) is 0 Å². The Morgan fingerprint density at radius 3 is 2.67 bits per heavy atom. The standard InChI is InChI=1S/C18H26N2O4/c1-14(2)20(11-16-9-6-10-19(16)12-17(21)22)18(23)24-13-15-7-4-3-5-8-15/h3-5,7-8,14,16H,6,9-13H2,1-2H3,(H,21,22)/t16-/m0/s1. The number of aliphatic carboxylic acids is 1. The Labute approximate surface area is 143 Å². The van der Waals surface area contributed by atoms with Gasteiger partial charge in [-0.2, -0.15) is 0 Å². The van der Waals surface area contributed by atoms with E-state index in [2.05, 4.69) is 0 Å². The van der Waals surface area contributed by atoms with E-state index in [4.69, 9.17) is 9.84 Å². The van der Waals surface area contributed by atoms with Crippen molar-refractivity contribution in [1.82, 2.24) is 9.80 Å². The van der Waals surface area contributed by atoms with Crippen molar-refractivity contribution in [2.45, 2.75) is 45.4 Å². The highest BCUT2D eigenvalue weighted by Crippen LogP contribution is 2.19. The minimum absolute atomic E-state index is 0.000511. The van der Waals surface area contributed by atoms with Crippen LogP contribution >= 0.6 is 0 Å². The number of benzene rings is 1. The first-order valence-corrected chi connectivity index (χ1v) is 8.40. The van der Waals surface area contributed by atoms with Crippen LogP contribution in [0.3, 0.4) is 0 Å². The first-order valence-electron chi connectivity index (χ1n) is 8.40. The number of amides is 1. The number of hydrogen-bond donors (Lipinski definition) is 1. The number of ether oxygens (including phenoxy) is 1. The molecule has 0 spiro atoms. The SMILES string of the molecule is CC(C)N(C[C@@H]1CCCN1CC(=O)O)C(=O)OCc1ccccc1. The second kappa shape index (κ2) is 8.68. The molecule has 24 heavy (non-hydrogen) atoms. The Morgan fingerprint density at radius 1 is 1.33 bits per heavy atom. The topological polar surface area (TPSA) is 70.1 Å². The van der Waals surface area contributed by atoms with Gasteiger partial charge in [-0.15, -0.1) is 0 Å². The molecule has 0 saturated carbocycles. The van der Waals surface area contributed by atoms with Crippen LogP contribution in [0, 0.1) is 0 Å². The van der Waals surface area contributed by atoms with Crippen LogP contribution in [0.4, 0.5) is 4.79 Å². The van der Waals surface area contributed by atoms with Crippen LogP contribution in [0.15, 0.2) is 30.3 Å². The van der Waals surface area contributed by atoms with Gasteiger partial charge >= 0.3 is 12.1 Å². The maximum absolute atomic E-state index is 12.4. The van der Waals surface area contributed by atoms with Crippen molar-refractivity contribution < 1.29 is 19.4 Å². The van der Waals surface area contributed by atoms with Gasteiger partial charge in [-0.05, 0) is 38.8 Å². The molecule has 1 aliphatic heterocycles. The van der Waals surface area contributed by atoms with Crippen LogP contribution < -0.4 is 0 Å². The predicted octanol–water partition coefficient (Wildman–Crippen LogP) is 2.58. The monoisotopic (exact) mass is 334 g/mol. The number of carbonyl (C=O) groups is 2. The second-order valence-electron chi connectivity index (χ2n) is 6.45. The molecule has 1 atom stereocenters. The fourth-order valence-electron chi connectivity index (χ4n) is 3.01. The summed E-state index contributed by atoms with van der Waals surface area (Å²) >= 11 is 0. The molecular formula is C18H26N2O4. The molecule has 1 heterocycles. The summed E-state index contributed by atoms with van der Waals surface area (Å²) in [6, 6.07) is 9.64. The number of nitrogens with zero attached hydrogens (tertiary/aromatic N) is 2. The molecule has 1 N–H and O–H groups in total. The van der Waals surface area contributed by atoms with Gasteiger partial charge in [0.25, 0.3) is 0 Å². The molecule has 1 saturated heterocycles. The molecule has 6 nitrogen and oxygen atoms in total. The average molecular weight is 334 g/mol. The number of carbonyl (C=O) groups excluding carboxylic acids is 1. The highest BCUT2D eigenvalue weighted by Gasteiger charge is 2.30. The molecule has 1 aromatic rings. The van der Waals surface area contributed by atoms with E-state index >= 15 is 0 Å². The Bertz CT molecular complexity index is 547. The largest absolute Gasteiger partial charge is 0.480 e. The van der Waals surface area contributed by atoms with Gasteiger partial charge in [0, 0.05) is 18.6 Å². The number of likely N-dealkylation sites (tertiary alicyclic amines) is 1. The van der Waals surface area contributed by atoms with Crippen LogP contribution in [-0.4, -0.2) is 58.7 Å². The molecule has 0 aliphatic carbocycles. The van der Waals surface area contributed by atoms with Crippen molar-refractivity contribution in [3.63, 3.8) is 0 Å². The summed E-state index contributed by atoms with van der Waals surface area (Å²) in [5.74, 6) is -0.829. The predicted molar refractivity (Wildman–Crippen MR) is 90.7 cm³/mol. The summed E-state index contributed by atoms with van der Waals surface area (Å²) in [5.41, 5.74) is 0.947. The van der Waals surface area contributed by atoms with Gasteiger partial charge < -0.3 is 14.7 Å². The summed E-state index contributed by atoms with van der Waals surface area (Å²) in [6.45, 7) is 5.42. The third kappa shape index (κ3) is 5.23. The van der Waals surface area contributed by atoms with Crippen LogP contribution in [-0.2, 0) is 16.1 Å². The summed E-state index contributed by atoms with van der Waals surface area (Å²) in [6.07, 6.45) is 1.52. The van der Waals surface area contributed by atoms with Crippen molar-refractivity contribution in [3.8, 4) is 0 Å². The highest BCUT2D eigenvalue weighted by molar-refractivity contribution is 5.69. The maximum atomic E-state index is 12.4. The Hall–Kier alpha value is -2.08. The van der Waals surface area contributed by atoms with E-state index in [-0.39, 0.29) is 31.3 Å². The van der Waals surface area contributed by atoms with Crippen LogP contribution in [0.1, 0.15) is 32.3 Å². The lowest BCUT2D eigenvalue weighted by atomic mass is 10.2. The van der Waals surface area contributed by atoms with Crippen molar-refractivity contribution in [2.75, 3.05) is 19.6 Å². The van der Waals surface area contributed by atoms with Gasteiger partial charge in [-0.3, -0.25) is 9.69 Å². The molecule has 1 amide bonds. The maximum Gasteiger partial charge on any atom is 0.410 e. The average Bonchev–Trinajstić information content (AvgIpc) is 2.97. The molecular weight excluding hydrogens is 308 g/mol. The van der Waals surface area contributed by atoms with Crippen LogP contribution in [0.5, 0.6) is 0 Å². The summed E-state index contributed by atoms with van der Waals surface area (Å²) in [4.78, 5) is 27.0. The number of carboxylic acid groups (broad SMARTS) is 1. The lowest BCUT2D eigenvalue weighted by molar-refractivity contribution is -0.138. The molecule has 132 valence electrons. The molecule has 0 aromatic heterocycles. The van der Waals surface area contributed by atoms with Gasteiger partial charge in [-0.1, -0.05) is 30.3 Å². The Balaban J connectivity index is 1.93. The normalized spacial score (nSPS) is 17.9. The second-order valence-corrected chi connectivity index (χ2v) is 6.45. The zero-order valence-corrected chi connectivity index (χ0v) is 14.4. The van der Waals surface area contributed by atoms with Crippen molar-refractivity contribution in [3.05, 3.63) is 35.9 Å². The number of carboxylic acids is 1. The quantitative estimate of drug-likeness (QED) is 0.830. The number of hydrogen-bond acceptors (Lipinski definition) is 4. The highest BCUT2D eigenvalue weighted by atomic mass is 16.6. The van der Waals surface area contributed by atoms with Gasteiger partial charge in [0.05, 0.1) is 6.54 Å². The molecule has 1 aromatic carbocycles. The first-order chi connectivity index (χ1) is 11.5. The van der Waals surface area contributed by atoms with E-state index in [0.29, 0.717) is 6.54 Å². The fourth-order valence-corrected chi connectivity index (χ4v) is 3.01. The molecule has 0 unspecified atom stereocenters. The van der Waals surface area contributed by atoms with Crippen LogP contribution in [0.25, 0.3) is 0 Å². The zero-order chi connectivity index (χ0) is 17.5. The third-order valence-electron chi connectivity index (χ3n) is 4.31. The van der Waals surface area contributed by atoms with Gasteiger partial charge in [0.1, 0.15) is 6.61 Å². The minimum atomic E-state index is -0.829. The molecule has 0 bridgehead atoms. The summed E-state index contributed by atoms with van der Waals surface area (Å²) in [5, 5.41) is 9.01. The molecule has 0 radical (unpaired) electrons. The third-order valence-corrected chi connectivity index (χ3v) is 4.31. The lowest BCUT2D eigenvalue weighted by Crippen LogP contribution is -2.47. The zero-order valence-electron chi connectivity index (χ0n) is 14.4. The molecule has 1 fully saturated rings. The van der Waals surface area contributed by atoms with Gasteiger partial charge in [0.2, 0.25) is 0 Å². The molecule has 1 aliphatic rings. The van der Waals surface area contributed by atoms with E-state index in [1.807, 2.05) is 49.1 Å². The van der Waals surface area contributed by atoms with E-state index in [1.54, 1.807) is 4.90 Å².